The number of ether oxygens (including phenoxy) is 1. The summed E-state index contributed by atoms with van der Waals surface area (Å²) in [5.41, 5.74) is 2.21. The van der Waals surface area contributed by atoms with Crippen molar-refractivity contribution < 1.29 is 27.6 Å². The molecule has 3 heterocycles. The second-order valence-electron chi connectivity index (χ2n) is 14.3. The van der Waals surface area contributed by atoms with Gasteiger partial charge in [-0.3, -0.25) is 9.00 Å². The molecule has 0 saturated heterocycles. The van der Waals surface area contributed by atoms with Crippen LogP contribution in [0.1, 0.15) is 69.5 Å². The number of carbonyl (C=O) groups is 1. The van der Waals surface area contributed by atoms with Crippen molar-refractivity contribution in [3.05, 3.63) is 94.9 Å². The van der Waals surface area contributed by atoms with Gasteiger partial charge in [-0.2, -0.15) is 5.10 Å². The topological polar surface area (TPSA) is 110 Å². The van der Waals surface area contributed by atoms with Crippen LogP contribution >= 0.6 is 0 Å². The Morgan fingerprint density at radius 1 is 1.10 bits per heavy atom. The van der Waals surface area contributed by atoms with Gasteiger partial charge in [0.15, 0.2) is 23.2 Å². The number of rotatable bonds is 4. The van der Waals surface area contributed by atoms with Crippen molar-refractivity contribution in [1.82, 2.24) is 19.7 Å². The van der Waals surface area contributed by atoms with Crippen LogP contribution in [0, 0.1) is 23.0 Å². The van der Waals surface area contributed by atoms with Gasteiger partial charge in [-0.15, -0.1) is 0 Å². The van der Waals surface area contributed by atoms with Crippen LogP contribution in [-0.2, 0) is 40.9 Å². The van der Waals surface area contributed by atoms with E-state index in [0.29, 0.717) is 53.5 Å². The summed E-state index contributed by atoms with van der Waals surface area (Å²) in [6.45, 7) is 7.97. The molecular weight excluding hydrogens is 647 g/mol. The molecule has 2 aromatic heterocycles. The molecule has 2 N–H and O–H groups in total. The summed E-state index contributed by atoms with van der Waals surface area (Å²) in [4.78, 5) is 19.6. The lowest BCUT2D eigenvalue weighted by Crippen LogP contribution is -2.28. The maximum Gasteiger partial charge on any atom is 0.306 e. The van der Waals surface area contributed by atoms with Crippen molar-refractivity contribution in [3.8, 4) is 22.9 Å². The molecule has 5 aromatic rings. The molecule has 49 heavy (non-hydrogen) atoms. The first-order chi connectivity index (χ1) is 23.2. The van der Waals surface area contributed by atoms with Crippen molar-refractivity contribution in [2.24, 2.45) is 18.4 Å². The highest BCUT2D eigenvalue weighted by molar-refractivity contribution is 7.85. The molecule has 11 heteroatoms. The smallest absolute Gasteiger partial charge is 0.306 e. The van der Waals surface area contributed by atoms with Gasteiger partial charge in [-0.05, 0) is 73.4 Å². The Hall–Kier alpha value is -4.38. The summed E-state index contributed by atoms with van der Waals surface area (Å²) < 4.78 is 52.5. The van der Waals surface area contributed by atoms with E-state index in [1.165, 1.54) is 24.3 Å². The van der Waals surface area contributed by atoms with Crippen molar-refractivity contribution in [2.75, 3.05) is 11.5 Å². The van der Waals surface area contributed by atoms with Crippen molar-refractivity contribution in [3.63, 3.8) is 0 Å². The molecule has 0 saturated carbocycles. The first-order valence-corrected chi connectivity index (χ1v) is 18.1. The molecular formula is C38H42F2N4O4S. The fourth-order valence-corrected chi connectivity index (χ4v) is 8.47. The van der Waals surface area contributed by atoms with Crippen LogP contribution in [0.2, 0.25) is 0 Å². The normalized spacial score (nSPS) is 20.5. The first-order valence-electron chi connectivity index (χ1n) is 16.6. The van der Waals surface area contributed by atoms with Crippen LogP contribution in [0.25, 0.3) is 22.3 Å². The Morgan fingerprint density at radius 2 is 1.90 bits per heavy atom. The summed E-state index contributed by atoms with van der Waals surface area (Å²) >= 11 is 0. The standard InChI is InChI=1S/C38H42F2N4O4S/c1-23(35(45)46)18-24-8-6-9-25(19-24)38(4)15-7-14-37(2,3)22-49(47)17-13-28-27-12-16-41-32(27)21-31(40)33(28)48-26-10-11-30(39)29(20-26)34-42-36(38)43-44(34)5/h6,8-12,16,19-21,23,41H,7,13-15,17-18,22H2,1-5H3,(H,45,46)/t23-,38?,49?/m0/s1. The minimum absolute atomic E-state index is 0.0189. The number of carboxylic acid groups (broad SMARTS) is 1. The number of hydrogen-bond acceptors (Lipinski definition) is 5. The van der Waals surface area contributed by atoms with E-state index in [2.05, 4.69) is 25.8 Å². The molecule has 4 bridgehead atoms. The van der Waals surface area contributed by atoms with Gasteiger partial charge in [-0.25, -0.2) is 18.4 Å². The number of aryl methyl sites for hydroxylation is 2. The highest BCUT2D eigenvalue weighted by atomic mass is 32.2. The summed E-state index contributed by atoms with van der Waals surface area (Å²) in [5.74, 6) is -0.694. The number of aromatic amines is 1. The number of nitrogens with one attached hydrogen (secondary N) is 1. The van der Waals surface area contributed by atoms with E-state index in [1.54, 1.807) is 24.9 Å². The number of hydrogen-bond donors (Lipinski definition) is 2. The van der Waals surface area contributed by atoms with Gasteiger partial charge in [0.2, 0.25) is 0 Å². The van der Waals surface area contributed by atoms with Gasteiger partial charge in [0.25, 0.3) is 0 Å². The molecule has 2 unspecified atom stereocenters. The van der Waals surface area contributed by atoms with Gasteiger partial charge < -0.3 is 14.8 Å². The van der Waals surface area contributed by atoms with Gasteiger partial charge >= 0.3 is 5.97 Å². The van der Waals surface area contributed by atoms with Crippen molar-refractivity contribution >= 4 is 27.7 Å². The second kappa shape index (κ2) is 13.5. The molecule has 3 atom stereocenters. The van der Waals surface area contributed by atoms with Crippen molar-refractivity contribution in [2.45, 2.75) is 65.2 Å². The zero-order chi connectivity index (χ0) is 35.1. The molecule has 8 nitrogen and oxygen atoms in total. The number of benzene rings is 3. The average molecular weight is 689 g/mol. The fourth-order valence-electron chi connectivity index (χ4n) is 6.88. The fraction of sp³-hybridized carbons (Fsp3) is 0.395. The Balaban J connectivity index is 1.48. The lowest BCUT2D eigenvalue weighted by atomic mass is 9.75. The lowest BCUT2D eigenvalue weighted by Gasteiger charge is -2.30. The molecule has 258 valence electrons. The predicted octanol–water partition coefficient (Wildman–Crippen LogP) is 8.10. The summed E-state index contributed by atoms with van der Waals surface area (Å²) in [6, 6.07) is 15.3. The third-order valence-corrected chi connectivity index (χ3v) is 11.5. The number of aliphatic carboxylic acids is 1. The molecule has 0 fully saturated rings. The van der Waals surface area contributed by atoms with E-state index in [0.717, 1.165) is 29.4 Å². The minimum Gasteiger partial charge on any atom is -0.481 e. The van der Waals surface area contributed by atoms with E-state index in [9.17, 15) is 14.1 Å². The van der Waals surface area contributed by atoms with Crippen LogP contribution in [0.3, 0.4) is 0 Å². The third-order valence-electron chi connectivity index (χ3n) is 9.71. The van der Waals surface area contributed by atoms with Crippen LogP contribution in [0.4, 0.5) is 8.78 Å². The lowest BCUT2D eigenvalue weighted by molar-refractivity contribution is -0.141. The number of halogens is 2. The Labute approximate surface area is 287 Å². The molecule has 0 radical (unpaired) electrons. The first kappa shape index (κ1) is 34.5. The monoisotopic (exact) mass is 688 g/mol. The maximum atomic E-state index is 15.7. The SMILES string of the molecule is C[C@@H](Cc1cccc(C2(C)CCCC(C)(C)CS(=O)CCc3c(c(F)cc4[nH]ccc34)Oc3ccc(F)c(c3)-c3nc2nn3C)c1)C(=O)O. The minimum atomic E-state index is -1.20. The maximum absolute atomic E-state index is 15.7. The zero-order valence-electron chi connectivity index (χ0n) is 28.5. The van der Waals surface area contributed by atoms with E-state index in [4.69, 9.17) is 14.8 Å². The Morgan fingerprint density at radius 3 is 2.67 bits per heavy atom. The second-order valence-corrected chi connectivity index (χ2v) is 15.8. The zero-order valence-corrected chi connectivity index (χ0v) is 29.3. The van der Waals surface area contributed by atoms with Gasteiger partial charge in [-0.1, -0.05) is 51.5 Å². The number of aromatic nitrogens is 4. The molecule has 6 rings (SSSR count). The van der Waals surface area contributed by atoms with Crippen LogP contribution in [0.5, 0.6) is 11.5 Å². The molecule has 0 amide bonds. The highest BCUT2D eigenvalue weighted by Gasteiger charge is 2.36. The van der Waals surface area contributed by atoms with Crippen LogP contribution in [-0.4, -0.2) is 46.5 Å². The van der Waals surface area contributed by atoms with Gasteiger partial charge in [0, 0.05) is 58.1 Å². The molecule has 3 aromatic carbocycles. The quantitative estimate of drug-likeness (QED) is 0.198. The number of H-pyrrole nitrogens is 1. The number of fused-ring (bicyclic) bond motifs is 8. The third kappa shape index (κ3) is 7.18. The molecule has 0 aliphatic carbocycles. The number of nitrogens with zero attached hydrogens (tertiary/aromatic N) is 3. The van der Waals surface area contributed by atoms with E-state index in [1.807, 2.05) is 30.3 Å². The predicted molar refractivity (Wildman–Crippen MR) is 187 cm³/mol. The Bertz CT molecular complexity index is 2050. The van der Waals surface area contributed by atoms with E-state index in [-0.39, 0.29) is 22.5 Å². The highest BCUT2D eigenvalue weighted by Crippen LogP contribution is 2.41. The van der Waals surface area contributed by atoms with Gasteiger partial charge in [0.05, 0.1) is 16.9 Å². The van der Waals surface area contributed by atoms with E-state index >= 15 is 8.78 Å². The van der Waals surface area contributed by atoms with E-state index < -0.39 is 39.7 Å². The molecule has 1 aliphatic heterocycles. The van der Waals surface area contributed by atoms with Crippen LogP contribution in [0.15, 0.2) is 60.8 Å². The molecule has 1 aliphatic rings. The van der Waals surface area contributed by atoms with Crippen LogP contribution < -0.4 is 4.74 Å². The summed E-state index contributed by atoms with van der Waals surface area (Å²) in [6.07, 6.45) is 4.62. The summed E-state index contributed by atoms with van der Waals surface area (Å²) in [7, 11) is 0.513. The average Bonchev–Trinajstić information content (AvgIpc) is 3.67. The van der Waals surface area contributed by atoms with Gasteiger partial charge in [0.1, 0.15) is 11.6 Å². The number of carboxylic acids is 1. The summed E-state index contributed by atoms with van der Waals surface area (Å²) in [5, 5.41) is 15.1. The molecule has 0 spiro atoms. The largest absolute Gasteiger partial charge is 0.481 e. The van der Waals surface area contributed by atoms with Crippen molar-refractivity contribution in [1.29, 1.82) is 0 Å². The Kier molecular flexibility index (Phi) is 9.50.